The third-order valence-electron chi connectivity index (χ3n) is 2.82. The van der Waals surface area contributed by atoms with Crippen molar-refractivity contribution in [1.82, 2.24) is 0 Å². The van der Waals surface area contributed by atoms with Gasteiger partial charge in [0.15, 0.2) is 0 Å². The van der Waals surface area contributed by atoms with Crippen LogP contribution in [0.2, 0.25) is 5.02 Å². The van der Waals surface area contributed by atoms with E-state index in [0.717, 1.165) is 5.56 Å². The lowest BCUT2D eigenvalue weighted by atomic mass is 10.2. The van der Waals surface area contributed by atoms with Crippen LogP contribution in [0.3, 0.4) is 0 Å². The molecule has 0 unspecified atom stereocenters. The van der Waals surface area contributed by atoms with Gasteiger partial charge in [0.1, 0.15) is 0 Å². The Morgan fingerprint density at radius 1 is 1.00 bits per heavy atom. The van der Waals surface area contributed by atoms with Gasteiger partial charge in [-0.05, 0) is 36.8 Å². The van der Waals surface area contributed by atoms with Gasteiger partial charge in [-0.15, -0.1) is 0 Å². The van der Waals surface area contributed by atoms with Crippen molar-refractivity contribution >= 4 is 26.3 Å². The fourth-order valence-corrected chi connectivity index (χ4v) is 3.00. The average molecular weight is 293 g/mol. The van der Waals surface area contributed by atoms with Gasteiger partial charge in [0, 0.05) is 5.02 Å². The van der Waals surface area contributed by atoms with Crippen molar-refractivity contribution in [2.45, 2.75) is 11.8 Å². The molecule has 0 atom stereocenters. The quantitative estimate of drug-likeness (QED) is 0.854. The van der Waals surface area contributed by atoms with Crippen molar-refractivity contribution in [2.24, 2.45) is 0 Å². The maximum absolute atomic E-state index is 12.4. The number of hydrogen-bond acceptors (Lipinski definition) is 2. The minimum atomic E-state index is -3.56. The van der Waals surface area contributed by atoms with Gasteiger partial charge >= 0.3 is 0 Å². The minimum Gasteiger partial charge on any atom is -0.219 e. The summed E-state index contributed by atoms with van der Waals surface area (Å²) in [5.74, 6) is 0. The van der Waals surface area contributed by atoms with Gasteiger partial charge in [0.05, 0.1) is 9.80 Å². The summed E-state index contributed by atoms with van der Waals surface area (Å²) >= 11 is 5.79. The number of hydrogen-bond donors (Lipinski definition) is 0. The van der Waals surface area contributed by atoms with Crippen LogP contribution in [0.5, 0.6) is 0 Å². The van der Waals surface area contributed by atoms with Crippen molar-refractivity contribution in [2.75, 3.05) is 0 Å². The number of benzene rings is 2. The van der Waals surface area contributed by atoms with E-state index in [0.29, 0.717) is 10.6 Å². The minimum absolute atomic E-state index is 0.0769. The van der Waals surface area contributed by atoms with E-state index >= 15 is 0 Å². The van der Waals surface area contributed by atoms with E-state index < -0.39 is 9.84 Å². The summed E-state index contributed by atoms with van der Waals surface area (Å²) in [6.07, 6.45) is 0. The molecule has 0 spiro atoms. The van der Waals surface area contributed by atoms with Crippen LogP contribution >= 0.6 is 11.6 Å². The molecule has 0 aliphatic carbocycles. The molecule has 0 aromatic heterocycles. The summed E-state index contributed by atoms with van der Waals surface area (Å²) < 4.78 is 24.8. The zero-order valence-electron chi connectivity index (χ0n) is 10.4. The molecular formula is C15H13ClO2S. The summed E-state index contributed by atoms with van der Waals surface area (Å²) in [5, 5.41) is 0.560. The van der Waals surface area contributed by atoms with Gasteiger partial charge in [-0.1, -0.05) is 48.0 Å². The zero-order valence-corrected chi connectivity index (χ0v) is 12.0. The van der Waals surface area contributed by atoms with Crippen LogP contribution in [0.25, 0.3) is 4.91 Å². The third-order valence-corrected chi connectivity index (χ3v) is 4.85. The van der Waals surface area contributed by atoms with Crippen LogP contribution in [0.4, 0.5) is 0 Å². The second kappa shape index (κ2) is 5.19. The van der Waals surface area contributed by atoms with Gasteiger partial charge in [-0.3, -0.25) is 0 Å². The fourth-order valence-electron chi connectivity index (χ4n) is 1.65. The molecule has 0 saturated carbocycles. The molecule has 4 heteroatoms. The van der Waals surface area contributed by atoms with Gasteiger partial charge in [0.25, 0.3) is 0 Å². The van der Waals surface area contributed by atoms with E-state index in [1.54, 1.807) is 48.5 Å². The van der Waals surface area contributed by atoms with Crippen LogP contribution in [-0.4, -0.2) is 8.42 Å². The standard InChI is InChI=1S/C15H13ClO2S/c1-11-3-9-15(10-4-11)19(17,18)12(2)13-5-7-14(16)8-6-13/h3-10H,2H2,1H3. The molecule has 0 saturated heterocycles. The highest BCUT2D eigenvalue weighted by molar-refractivity contribution is 8.00. The molecule has 0 heterocycles. The van der Waals surface area contributed by atoms with Crippen molar-refractivity contribution < 1.29 is 8.42 Å². The summed E-state index contributed by atoms with van der Waals surface area (Å²) in [7, 11) is -3.56. The highest BCUT2D eigenvalue weighted by Gasteiger charge is 2.19. The van der Waals surface area contributed by atoms with Crippen LogP contribution in [0, 0.1) is 6.92 Å². The van der Waals surface area contributed by atoms with Crippen LogP contribution in [0.15, 0.2) is 60.0 Å². The lowest BCUT2D eigenvalue weighted by molar-refractivity contribution is 0.606. The molecule has 19 heavy (non-hydrogen) atoms. The Labute approximate surface area is 118 Å². The Balaban J connectivity index is 2.42. The first-order valence-electron chi connectivity index (χ1n) is 5.68. The molecule has 2 nitrogen and oxygen atoms in total. The van der Waals surface area contributed by atoms with Crippen LogP contribution in [0.1, 0.15) is 11.1 Å². The molecule has 2 aromatic carbocycles. The lowest BCUT2D eigenvalue weighted by Crippen LogP contribution is -2.03. The summed E-state index contributed by atoms with van der Waals surface area (Å²) in [5.41, 5.74) is 1.56. The lowest BCUT2D eigenvalue weighted by Gasteiger charge is -2.08. The Morgan fingerprint density at radius 2 is 1.53 bits per heavy atom. The van der Waals surface area contributed by atoms with E-state index in [1.165, 1.54) is 0 Å². The summed E-state index contributed by atoms with van der Waals surface area (Å²) in [6.45, 7) is 5.60. The Bertz CT molecular complexity index is 699. The first-order chi connectivity index (χ1) is 8.91. The summed E-state index contributed by atoms with van der Waals surface area (Å²) in [4.78, 5) is 0.325. The number of halogens is 1. The molecule has 98 valence electrons. The Kier molecular flexibility index (Phi) is 3.78. The Morgan fingerprint density at radius 3 is 2.05 bits per heavy atom. The third kappa shape index (κ3) is 2.88. The maximum atomic E-state index is 12.4. The van der Waals surface area contributed by atoms with Crippen LogP contribution in [-0.2, 0) is 9.84 Å². The predicted octanol–water partition coefficient (Wildman–Crippen LogP) is 4.09. The topological polar surface area (TPSA) is 34.1 Å². The molecule has 0 bridgehead atoms. The number of sulfone groups is 1. The smallest absolute Gasteiger partial charge is 0.206 e. The second-order valence-corrected chi connectivity index (χ2v) is 6.65. The van der Waals surface area contributed by atoms with Gasteiger partial charge in [-0.2, -0.15) is 0 Å². The van der Waals surface area contributed by atoms with E-state index in [2.05, 4.69) is 6.58 Å². The molecule has 0 N–H and O–H groups in total. The number of aryl methyl sites for hydroxylation is 1. The van der Waals surface area contributed by atoms with Gasteiger partial charge < -0.3 is 0 Å². The van der Waals surface area contributed by atoms with E-state index in [9.17, 15) is 8.42 Å². The first kappa shape index (κ1) is 13.8. The molecular weight excluding hydrogens is 280 g/mol. The second-order valence-electron chi connectivity index (χ2n) is 4.25. The van der Waals surface area contributed by atoms with Gasteiger partial charge in [-0.25, -0.2) is 8.42 Å². The van der Waals surface area contributed by atoms with E-state index in [-0.39, 0.29) is 9.80 Å². The monoisotopic (exact) mass is 292 g/mol. The van der Waals surface area contributed by atoms with E-state index in [4.69, 9.17) is 11.6 Å². The highest BCUT2D eigenvalue weighted by atomic mass is 35.5. The molecule has 0 aliphatic heterocycles. The molecule has 2 aromatic rings. The molecule has 0 radical (unpaired) electrons. The molecule has 0 aliphatic rings. The van der Waals surface area contributed by atoms with Crippen molar-refractivity contribution in [3.05, 3.63) is 71.3 Å². The predicted molar refractivity (Wildman–Crippen MR) is 78.9 cm³/mol. The first-order valence-corrected chi connectivity index (χ1v) is 7.54. The van der Waals surface area contributed by atoms with Crippen molar-refractivity contribution in [1.29, 1.82) is 0 Å². The Hall–Kier alpha value is -1.58. The average Bonchev–Trinajstić information content (AvgIpc) is 2.39. The molecule has 2 rings (SSSR count). The normalized spacial score (nSPS) is 11.3. The summed E-state index contributed by atoms with van der Waals surface area (Å²) in [6, 6.07) is 13.3. The SMILES string of the molecule is C=C(c1ccc(Cl)cc1)S(=O)(=O)c1ccc(C)cc1. The molecule has 0 fully saturated rings. The maximum Gasteiger partial charge on any atom is 0.206 e. The van der Waals surface area contributed by atoms with E-state index in [1.807, 2.05) is 6.92 Å². The number of rotatable bonds is 3. The largest absolute Gasteiger partial charge is 0.219 e. The van der Waals surface area contributed by atoms with Crippen molar-refractivity contribution in [3.8, 4) is 0 Å². The molecule has 0 amide bonds. The highest BCUT2D eigenvalue weighted by Crippen LogP contribution is 2.27. The van der Waals surface area contributed by atoms with Crippen LogP contribution < -0.4 is 0 Å². The van der Waals surface area contributed by atoms with Crippen molar-refractivity contribution in [3.63, 3.8) is 0 Å². The zero-order chi connectivity index (χ0) is 14.0. The van der Waals surface area contributed by atoms with Gasteiger partial charge in [0.2, 0.25) is 9.84 Å². The fraction of sp³-hybridized carbons (Fsp3) is 0.0667.